The quantitative estimate of drug-likeness (QED) is 0.0519. The summed E-state index contributed by atoms with van der Waals surface area (Å²) in [5, 5.41) is 2.04. The molecule has 0 unspecified atom stereocenters. The number of aldehydes is 1. The van der Waals surface area contributed by atoms with Gasteiger partial charge in [0.25, 0.3) is 8.32 Å². The molecule has 0 aromatic heterocycles. The largest absolute Gasteiger partial charge is 0.488 e. The molecule has 0 aliphatic rings. The molecule has 0 fully saturated rings. The Bertz CT molecular complexity index is 2350. The van der Waals surface area contributed by atoms with Crippen LogP contribution in [0.3, 0.4) is 0 Å². The van der Waals surface area contributed by atoms with E-state index >= 15 is 4.79 Å². The Morgan fingerprint density at radius 3 is 1.29 bits per heavy atom. The summed E-state index contributed by atoms with van der Waals surface area (Å²) in [6, 6.07) is 59.0. The summed E-state index contributed by atoms with van der Waals surface area (Å²) >= 11 is 0. The predicted molar refractivity (Wildman–Crippen MR) is 236 cm³/mol. The average Bonchev–Trinajstić information content (AvgIpc) is 3.28. The van der Waals surface area contributed by atoms with E-state index < -0.39 is 14.1 Å². The van der Waals surface area contributed by atoms with Gasteiger partial charge in [0.1, 0.15) is 42.6 Å². The Labute approximate surface area is 348 Å². The number of benzene rings is 7. The van der Waals surface area contributed by atoms with E-state index in [9.17, 15) is 4.79 Å². The monoisotopic (exact) mass is 796 g/mol. The van der Waals surface area contributed by atoms with Gasteiger partial charge in [-0.3, -0.25) is 9.59 Å². The Hall–Kier alpha value is -6.54. The minimum absolute atomic E-state index is 0.129. The highest BCUT2D eigenvalue weighted by Crippen LogP contribution is 2.40. The number of ketones is 1. The van der Waals surface area contributed by atoms with Crippen LogP contribution in [0.25, 0.3) is 0 Å². The Balaban J connectivity index is 1.37. The summed E-state index contributed by atoms with van der Waals surface area (Å²) in [7, 11) is -2.96. The van der Waals surface area contributed by atoms with Crippen molar-refractivity contribution >= 4 is 30.8 Å². The number of carbonyl (C=O) groups is 2. The van der Waals surface area contributed by atoms with Gasteiger partial charge in [-0.15, -0.1) is 0 Å². The van der Waals surface area contributed by atoms with Gasteiger partial charge in [-0.1, -0.05) is 185 Å². The van der Waals surface area contributed by atoms with Crippen LogP contribution in [0.15, 0.2) is 182 Å². The van der Waals surface area contributed by atoms with Gasteiger partial charge in [0.2, 0.25) is 5.78 Å². The van der Waals surface area contributed by atoms with Crippen LogP contribution < -0.4 is 24.6 Å². The van der Waals surface area contributed by atoms with Gasteiger partial charge in [0.15, 0.2) is 6.29 Å². The van der Waals surface area contributed by atoms with Crippen molar-refractivity contribution in [3.05, 3.63) is 221 Å². The lowest BCUT2D eigenvalue weighted by atomic mass is 9.95. The van der Waals surface area contributed by atoms with E-state index in [-0.39, 0.29) is 53.9 Å². The van der Waals surface area contributed by atoms with Gasteiger partial charge in [-0.25, -0.2) is 0 Å². The first-order valence-corrected chi connectivity index (χ1v) is 21.7. The average molecular weight is 797 g/mol. The fourth-order valence-electron chi connectivity index (χ4n) is 7.47. The normalized spacial score (nSPS) is 11.4. The minimum Gasteiger partial charge on any atom is -0.488 e. The standard InChI is InChI=1S/C52H48O6Si/c1-52(2,3)59(44-27-15-7-16-28-44,45-29-17-8-18-30-45)58-38-42-32-47(56-36-40-22-11-5-12-23-40)50(48(33-42)57-37-41-24-13-6-14-25-41)51(54)49-43(34-53)26-19-31-46(49)55-35-39-20-9-4-10-21-39/h4-34H,35-38H2,1-3H3. The molecule has 0 radical (unpaired) electrons. The third-order valence-corrected chi connectivity index (χ3v) is 15.3. The van der Waals surface area contributed by atoms with Gasteiger partial charge in [0.05, 0.1) is 12.2 Å². The van der Waals surface area contributed by atoms with Gasteiger partial charge in [0, 0.05) is 5.56 Å². The zero-order chi connectivity index (χ0) is 41.1. The minimum atomic E-state index is -2.96. The van der Waals surface area contributed by atoms with Crippen LogP contribution in [-0.2, 0) is 30.9 Å². The topological polar surface area (TPSA) is 71.1 Å². The maximum Gasteiger partial charge on any atom is 0.261 e. The van der Waals surface area contributed by atoms with E-state index in [1.54, 1.807) is 18.2 Å². The third kappa shape index (κ3) is 9.44. The van der Waals surface area contributed by atoms with Crippen LogP contribution >= 0.6 is 0 Å². The predicted octanol–water partition coefficient (Wildman–Crippen LogP) is 10.5. The molecule has 6 nitrogen and oxygen atoms in total. The van der Waals surface area contributed by atoms with E-state index in [1.165, 1.54) is 0 Å². The Morgan fingerprint density at radius 1 is 0.475 bits per heavy atom. The van der Waals surface area contributed by atoms with Crippen LogP contribution in [0.2, 0.25) is 5.04 Å². The molecule has 0 saturated carbocycles. The fraction of sp³-hybridized carbons (Fsp3) is 0.154. The second-order valence-corrected chi connectivity index (χ2v) is 19.7. The van der Waals surface area contributed by atoms with Crippen molar-refractivity contribution in [1.82, 2.24) is 0 Å². The molecule has 0 aliphatic heterocycles. The van der Waals surface area contributed by atoms with Crippen LogP contribution in [-0.4, -0.2) is 20.4 Å². The molecule has 0 bridgehead atoms. The Morgan fingerprint density at radius 2 is 0.881 bits per heavy atom. The lowest BCUT2D eigenvalue weighted by molar-refractivity contribution is 0.101. The third-order valence-electron chi connectivity index (χ3n) is 10.3. The first kappa shape index (κ1) is 40.6. The van der Waals surface area contributed by atoms with Crippen LogP contribution in [0, 0.1) is 0 Å². The zero-order valence-corrected chi connectivity index (χ0v) is 34.7. The molecule has 7 heteroatoms. The lowest BCUT2D eigenvalue weighted by Gasteiger charge is -2.43. The summed E-state index contributed by atoms with van der Waals surface area (Å²) in [5.74, 6) is 0.437. The van der Waals surface area contributed by atoms with E-state index in [1.807, 2.05) is 115 Å². The zero-order valence-electron chi connectivity index (χ0n) is 33.7. The maximum atomic E-state index is 15.2. The van der Waals surface area contributed by atoms with E-state index in [0.717, 1.165) is 32.6 Å². The van der Waals surface area contributed by atoms with Crippen LogP contribution in [0.1, 0.15) is 69.3 Å². The number of ether oxygens (including phenoxy) is 3. The molecular formula is C52H48O6Si. The smallest absolute Gasteiger partial charge is 0.261 e. The molecule has 0 heterocycles. The first-order valence-electron chi connectivity index (χ1n) is 19.8. The highest BCUT2D eigenvalue weighted by molar-refractivity contribution is 6.99. The fourth-order valence-corrected chi connectivity index (χ4v) is 12.0. The second kappa shape index (κ2) is 18.8. The number of rotatable bonds is 17. The van der Waals surface area contributed by atoms with Crippen molar-refractivity contribution in [3.8, 4) is 17.2 Å². The molecule has 0 saturated heterocycles. The highest BCUT2D eigenvalue weighted by Gasteiger charge is 2.50. The Kier molecular flexibility index (Phi) is 13.0. The molecule has 0 spiro atoms. The molecule has 0 atom stereocenters. The molecular weight excluding hydrogens is 749 g/mol. The van der Waals surface area contributed by atoms with Crippen LogP contribution in [0.4, 0.5) is 0 Å². The SMILES string of the molecule is CC(C)(C)[Si](OCc1cc(OCc2ccccc2)c(C(=O)c2c(C=O)cccc2OCc2ccccc2)c(OCc2ccccc2)c1)(c1ccccc1)c1ccccc1. The number of hydrogen-bond acceptors (Lipinski definition) is 6. The summed E-state index contributed by atoms with van der Waals surface area (Å²) in [6.07, 6.45) is 0.684. The number of carbonyl (C=O) groups excluding carboxylic acids is 2. The molecule has 7 rings (SSSR count). The van der Waals surface area contributed by atoms with E-state index in [4.69, 9.17) is 18.6 Å². The van der Waals surface area contributed by atoms with Crippen molar-refractivity contribution in [2.45, 2.75) is 52.2 Å². The maximum absolute atomic E-state index is 15.2. The van der Waals surface area contributed by atoms with Crippen molar-refractivity contribution in [1.29, 1.82) is 0 Å². The van der Waals surface area contributed by atoms with Crippen molar-refractivity contribution in [3.63, 3.8) is 0 Å². The van der Waals surface area contributed by atoms with Gasteiger partial charge in [-0.05, 0) is 55.9 Å². The molecule has 296 valence electrons. The second-order valence-electron chi connectivity index (χ2n) is 15.4. The van der Waals surface area contributed by atoms with E-state index in [0.29, 0.717) is 17.8 Å². The van der Waals surface area contributed by atoms with Gasteiger partial charge < -0.3 is 18.6 Å². The molecule has 59 heavy (non-hydrogen) atoms. The van der Waals surface area contributed by atoms with Gasteiger partial charge in [-0.2, -0.15) is 0 Å². The summed E-state index contributed by atoms with van der Waals surface area (Å²) in [4.78, 5) is 27.9. The number of hydrogen-bond donors (Lipinski definition) is 0. The lowest BCUT2D eigenvalue weighted by Crippen LogP contribution is -2.66. The summed E-state index contributed by atoms with van der Waals surface area (Å²) < 4.78 is 26.9. The van der Waals surface area contributed by atoms with Crippen molar-refractivity contribution in [2.75, 3.05) is 0 Å². The van der Waals surface area contributed by atoms with Crippen molar-refractivity contribution < 1.29 is 28.2 Å². The molecule has 7 aromatic rings. The summed E-state index contributed by atoms with van der Waals surface area (Å²) in [5.41, 5.74) is 4.05. The molecule has 0 N–H and O–H groups in total. The highest BCUT2D eigenvalue weighted by atomic mass is 28.4. The molecule has 0 amide bonds. The van der Waals surface area contributed by atoms with E-state index in [2.05, 4.69) is 69.3 Å². The van der Waals surface area contributed by atoms with Crippen molar-refractivity contribution in [2.24, 2.45) is 0 Å². The molecule has 7 aromatic carbocycles. The summed E-state index contributed by atoms with van der Waals surface area (Å²) in [6.45, 7) is 7.51. The first-order chi connectivity index (χ1) is 28.8. The molecule has 0 aliphatic carbocycles. The van der Waals surface area contributed by atoms with Crippen LogP contribution in [0.5, 0.6) is 17.2 Å². The van der Waals surface area contributed by atoms with Gasteiger partial charge >= 0.3 is 0 Å².